The average molecular weight is 272 g/mol. The Balaban J connectivity index is 1.80. The molecule has 1 aromatic carbocycles. The highest BCUT2D eigenvalue weighted by Gasteiger charge is 2.41. The van der Waals surface area contributed by atoms with Gasteiger partial charge < -0.3 is 5.73 Å². The fraction of sp³-hybridized carbons (Fsp3) is 0.667. The molecule has 0 atom stereocenters. The molecule has 0 unspecified atom stereocenters. The second-order valence-electron chi connectivity index (χ2n) is 6.81. The van der Waals surface area contributed by atoms with Crippen molar-refractivity contribution >= 4 is 0 Å². The van der Waals surface area contributed by atoms with E-state index in [9.17, 15) is 0 Å². The molecule has 0 amide bonds. The summed E-state index contributed by atoms with van der Waals surface area (Å²) in [5.74, 6) is 0. The molecule has 2 aliphatic carbocycles. The molecule has 20 heavy (non-hydrogen) atoms. The van der Waals surface area contributed by atoms with Crippen LogP contribution in [-0.4, -0.2) is 30.1 Å². The van der Waals surface area contributed by atoms with E-state index in [1.807, 2.05) is 0 Å². The van der Waals surface area contributed by atoms with E-state index in [1.54, 1.807) is 0 Å². The average Bonchev–Trinajstić information content (AvgIpc) is 2.66. The van der Waals surface area contributed by atoms with Gasteiger partial charge >= 0.3 is 0 Å². The van der Waals surface area contributed by atoms with Gasteiger partial charge in [-0.15, -0.1) is 0 Å². The molecule has 0 bridgehead atoms. The van der Waals surface area contributed by atoms with Crippen LogP contribution in [0.5, 0.6) is 0 Å². The minimum absolute atomic E-state index is 0.165. The Hall–Kier alpha value is -0.860. The molecular weight excluding hydrogens is 244 g/mol. The topological polar surface area (TPSA) is 29.3 Å². The predicted molar refractivity (Wildman–Crippen MR) is 84.9 cm³/mol. The van der Waals surface area contributed by atoms with Gasteiger partial charge in [0.25, 0.3) is 0 Å². The van der Waals surface area contributed by atoms with Crippen molar-refractivity contribution in [3.8, 4) is 0 Å². The zero-order valence-electron chi connectivity index (χ0n) is 12.8. The van der Waals surface area contributed by atoms with Crippen LogP contribution in [0.15, 0.2) is 24.3 Å². The summed E-state index contributed by atoms with van der Waals surface area (Å²) in [6, 6.07) is 9.63. The third kappa shape index (κ3) is 2.51. The van der Waals surface area contributed by atoms with Gasteiger partial charge in [0.2, 0.25) is 0 Å². The summed E-state index contributed by atoms with van der Waals surface area (Å²) in [5.41, 5.74) is 9.44. The molecule has 1 aromatic rings. The standard InChI is InChI=1S/C18H28N2/c1-20(17-10-4-2-3-5-11-17)18(14-19)12-15-8-6-7-9-16(15)13-18/h6-9,17H,2-5,10-14,19H2,1H3. The van der Waals surface area contributed by atoms with E-state index in [0.29, 0.717) is 0 Å². The lowest BCUT2D eigenvalue weighted by Crippen LogP contribution is -2.56. The fourth-order valence-electron chi connectivity index (χ4n) is 4.24. The van der Waals surface area contributed by atoms with E-state index in [1.165, 1.54) is 49.7 Å². The van der Waals surface area contributed by atoms with Crippen molar-refractivity contribution in [3.63, 3.8) is 0 Å². The molecule has 0 aromatic heterocycles. The number of likely N-dealkylation sites (N-methyl/N-ethyl adjacent to an activating group) is 1. The molecule has 2 N–H and O–H groups in total. The minimum atomic E-state index is 0.165. The Kier molecular flexibility index (Phi) is 4.13. The molecule has 1 saturated carbocycles. The molecule has 2 nitrogen and oxygen atoms in total. The summed E-state index contributed by atoms with van der Waals surface area (Å²) in [5, 5.41) is 0. The van der Waals surface area contributed by atoms with Crippen LogP contribution in [0.1, 0.15) is 49.7 Å². The first-order valence-electron chi connectivity index (χ1n) is 8.25. The highest BCUT2D eigenvalue weighted by atomic mass is 15.2. The summed E-state index contributed by atoms with van der Waals surface area (Å²) in [6.07, 6.45) is 10.6. The molecule has 0 aliphatic heterocycles. The van der Waals surface area contributed by atoms with Crippen LogP contribution in [0, 0.1) is 0 Å². The Morgan fingerprint density at radius 3 is 2.10 bits per heavy atom. The largest absolute Gasteiger partial charge is 0.329 e. The van der Waals surface area contributed by atoms with Crippen LogP contribution in [0.25, 0.3) is 0 Å². The van der Waals surface area contributed by atoms with Crippen molar-refractivity contribution in [2.75, 3.05) is 13.6 Å². The van der Waals surface area contributed by atoms with E-state index in [-0.39, 0.29) is 5.54 Å². The van der Waals surface area contributed by atoms with Crippen LogP contribution in [0.3, 0.4) is 0 Å². The van der Waals surface area contributed by atoms with Gasteiger partial charge in [0.05, 0.1) is 0 Å². The summed E-state index contributed by atoms with van der Waals surface area (Å²) in [7, 11) is 2.33. The SMILES string of the molecule is CN(C1CCCCCC1)C1(CN)Cc2ccccc2C1. The van der Waals surface area contributed by atoms with E-state index in [2.05, 4.69) is 36.2 Å². The lowest BCUT2D eigenvalue weighted by atomic mass is 9.90. The summed E-state index contributed by atoms with van der Waals surface area (Å²) in [6.45, 7) is 0.773. The molecule has 1 fully saturated rings. The van der Waals surface area contributed by atoms with Crippen molar-refractivity contribution in [2.24, 2.45) is 5.73 Å². The molecule has 0 spiro atoms. The third-order valence-electron chi connectivity index (χ3n) is 5.66. The van der Waals surface area contributed by atoms with Crippen molar-refractivity contribution in [2.45, 2.75) is 62.9 Å². The highest BCUT2D eigenvalue weighted by molar-refractivity contribution is 5.36. The number of nitrogens with two attached hydrogens (primary N) is 1. The maximum atomic E-state index is 6.25. The lowest BCUT2D eigenvalue weighted by Gasteiger charge is -2.43. The molecule has 110 valence electrons. The van der Waals surface area contributed by atoms with E-state index < -0.39 is 0 Å². The maximum absolute atomic E-state index is 6.25. The van der Waals surface area contributed by atoms with Gasteiger partial charge in [-0.25, -0.2) is 0 Å². The number of hydrogen-bond donors (Lipinski definition) is 1. The molecule has 2 aliphatic rings. The number of fused-ring (bicyclic) bond motifs is 1. The minimum Gasteiger partial charge on any atom is -0.329 e. The van der Waals surface area contributed by atoms with Crippen molar-refractivity contribution in [3.05, 3.63) is 35.4 Å². The van der Waals surface area contributed by atoms with Crippen molar-refractivity contribution in [1.82, 2.24) is 4.90 Å². The van der Waals surface area contributed by atoms with Crippen molar-refractivity contribution in [1.29, 1.82) is 0 Å². The summed E-state index contributed by atoms with van der Waals surface area (Å²) in [4.78, 5) is 2.65. The van der Waals surface area contributed by atoms with Gasteiger partial charge in [-0.1, -0.05) is 49.9 Å². The van der Waals surface area contributed by atoms with Crippen molar-refractivity contribution < 1.29 is 0 Å². The second-order valence-corrected chi connectivity index (χ2v) is 6.81. The first kappa shape index (κ1) is 14.1. The quantitative estimate of drug-likeness (QED) is 0.857. The van der Waals surface area contributed by atoms with Crippen LogP contribution in [0.4, 0.5) is 0 Å². The first-order valence-corrected chi connectivity index (χ1v) is 8.25. The number of rotatable bonds is 3. The van der Waals surface area contributed by atoms with E-state index in [4.69, 9.17) is 5.73 Å². The third-order valence-corrected chi connectivity index (χ3v) is 5.66. The molecule has 0 heterocycles. The Bertz CT molecular complexity index is 421. The van der Waals surface area contributed by atoms with Gasteiger partial charge in [0.1, 0.15) is 0 Å². The molecule has 0 saturated heterocycles. The van der Waals surface area contributed by atoms with E-state index >= 15 is 0 Å². The van der Waals surface area contributed by atoms with Gasteiger partial charge in [0, 0.05) is 18.1 Å². The van der Waals surface area contributed by atoms with Gasteiger partial charge in [0.15, 0.2) is 0 Å². The van der Waals surface area contributed by atoms with Gasteiger partial charge in [-0.05, 0) is 43.9 Å². The van der Waals surface area contributed by atoms with Crippen LogP contribution < -0.4 is 5.73 Å². The number of nitrogens with zero attached hydrogens (tertiary/aromatic N) is 1. The van der Waals surface area contributed by atoms with Crippen LogP contribution in [0.2, 0.25) is 0 Å². The number of benzene rings is 1. The highest BCUT2D eigenvalue weighted by Crippen LogP contribution is 2.36. The monoisotopic (exact) mass is 272 g/mol. The zero-order chi connectivity index (χ0) is 14.0. The van der Waals surface area contributed by atoms with E-state index in [0.717, 1.165) is 25.4 Å². The Morgan fingerprint density at radius 1 is 1.05 bits per heavy atom. The Morgan fingerprint density at radius 2 is 1.60 bits per heavy atom. The Labute approximate surface area is 123 Å². The van der Waals surface area contributed by atoms with Gasteiger partial charge in [-0.2, -0.15) is 0 Å². The zero-order valence-corrected chi connectivity index (χ0v) is 12.8. The smallest absolute Gasteiger partial charge is 0.0412 e. The van der Waals surface area contributed by atoms with Crippen LogP contribution in [-0.2, 0) is 12.8 Å². The first-order chi connectivity index (χ1) is 9.75. The molecule has 0 radical (unpaired) electrons. The lowest BCUT2D eigenvalue weighted by molar-refractivity contribution is 0.0761. The summed E-state index contributed by atoms with van der Waals surface area (Å²) >= 11 is 0. The predicted octanol–water partition coefficient (Wildman–Crippen LogP) is 3.14. The summed E-state index contributed by atoms with van der Waals surface area (Å²) < 4.78 is 0. The fourth-order valence-corrected chi connectivity index (χ4v) is 4.24. The maximum Gasteiger partial charge on any atom is 0.0412 e. The van der Waals surface area contributed by atoms with Crippen LogP contribution >= 0.6 is 0 Å². The number of hydrogen-bond acceptors (Lipinski definition) is 2. The second kappa shape index (κ2) is 5.87. The van der Waals surface area contributed by atoms with Gasteiger partial charge in [-0.3, -0.25) is 4.90 Å². The molecule has 3 rings (SSSR count). The normalized spacial score (nSPS) is 22.8. The molecular formula is C18H28N2. The molecule has 2 heteroatoms.